The van der Waals surface area contributed by atoms with Crippen molar-refractivity contribution in [3.8, 4) is 0 Å². The molecule has 3 nitrogen and oxygen atoms in total. The number of thioether (sulfide) groups is 1. The number of likely N-dealkylation sites (N-methyl/N-ethyl adjacent to an activating group) is 1. The third-order valence-corrected chi connectivity index (χ3v) is 4.49. The minimum absolute atomic E-state index is 0.328. The summed E-state index contributed by atoms with van der Waals surface area (Å²) >= 11 is 2.03. The van der Waals surface area contributed by atoms with Gasteiger partial charge in [0.25, 0.3) is 0 Å². The summed E-state index contributed by atoms with van der Waals surface area (Å²) in [6.07, 6.45) is 2.07. The highest BCUT2D eigenvalue weighted by Crippen LogP contribution is 2.24. The third kappa shape index (κ3) is 6.00. The molecule has 0 amide bonds. The highest BCUT2D eigenvalue weighted by atomic mass is 32.2. The number of hydrogen-bond donors (Lipinski definition) is 1. The van der Waals surface area contributed by atoms with Gasteiger partial charge in [-0.25, -0.2) is 0 Å². The van der Waals surface area contributed by atoms with Gasteiger partial charge in [0.2, 0.25) is 0 Å². The van der Waals surface area contributed by atoms with Crippen LogP contribution < -0.4 is 5.32 Å². The van der Waals surface area contributed by atoms with Gasteiger partial charge in [-0.3, -0.25) is 4.68 Å². The molecule has 1 aromatic rings. The molecule has 0 aliphatic heterocycles. The van der Waals surface area contributed by atoms with Crippen LogP contribution >= 0.6 is 11.8 Å². The van der Waals surface area contributed by atoms with Crippen LogP contribution in [0.1, 0.15) is 46.0 Å². The maximum absolute atomic E-state index is 4.53. The minimum Gasteiger partial charge on any atom is -0.313 e. The van der Waals surface area contributed by atoms with E-state index in [0.717, 1.165) is 25.1 Å². The number of aromatic nitrogens is 2. The fraction of sp³-hybridized carbons (Fsp3) is 0.800. The molecule has 1 atom stereocenters. The van der Waals surface area contributed by atoms with E-state index in [9.17, 15) is 0 Å². The highest BCUT2D eigenvalue weighted by molar-refractivity contribution is 8.00. The van der Waals surface area contributed by atoms with Crippen molar-refractivity contribution in [2.75, 3.05) is 12.3 Å². The summed E-state index contributed by atoms with van der Waals surface area (Å²) in [5.41, 5.74) is 2.52. The van der Waals surface area contributed by atoms with Gasteiger partial charge in [-0.2, -0.15) is 16.9 Å². The quantitative estimate of drug-likeness (QED) is 0.834. The predicted octanol–water partition coefficient (Wildman–Crippen LogP) is 3.03. The van der Waals surface area contributed by atoms with Crippen molar-refractivity contribution in [3.05, 3.63) is 17.5 Å². The Morgan fingerprint density at radius 3 is 2.53 bits per heavy atom. The Balaban J connectivity index is 2.63. The third-order valence-electron chi connectivity index (χ3n) is 3.06. The average Bonchev–Trinajstić information content (AvgIpc) is 2.66. The van der Waals surface area contributed by atoms with Crippen LogP contribution in [0.4, 0.5) is 0 Å². The number of hydrogen-bond acceptors (Lipinski definition) is 3. The van der Waals surface area contributed by atoms with E-state index in [0.29, 0.717) is 10.8 Å². The molecule has 0 aliphatic carbocycles. The van der Waals surface area contributed by atoms with Gasteiger partial charge >= 0.3 is 0 Å². The molecule has 0 fully saturated rings. The standard InChI is InChI=1S/C15H29N3S/c1-7-12-9-14(18(6)17-12)10-13(16-8-2)11-19-15(3,4)5/h9,13,16H,7-8,10-11H2,1-6H3. The van der Waals surface area contributed by atoms with Gasteiger partial charge in [0, 0.05) is 35.7 Å². The lowest BCUT2D eigenvalue weighted by atomic mass is 10.1. The zero-order valence-corrected chi connectivity index (χ0v) is 14.1. The van der Waals surface area contributed by atoms with Crippen LogP contribution in [-0.2, 0) is 19.9 Å². The fourth-order valence-corrected chi connectivity index (χ4v) is 2.95. The summed E-state index contributed by atoms with van der Waals surface area (Å²) in [5.74, 6) is 1.14. The molecule has 19 heavy (non-hydrogen) atoms. The van der Waals surface area contributed by atoms with Crippen molar-refractivity contribution >= 4 is 11.8 Å². The summed E-state index contributed by atoms with van der Waals surface area (Å²) in [7, 11) is 2.05. The van der Waals surface area contributed by atoms with Crippen molar-refractivity contribution in [1.82, 2.24) is 15.1 Å². The molecule has 1 aromatic heterocycles. The molecule has 1 heterocycles. The highest BCUT2D eigenvalue weighted by Gasteiger charge is 2.17. The lowest BCUT2D eigenvalue weighted by molar-refractivity contribution is 0.547. The van der Waals surface area contributed by atoms with Gasteiger partial charge in [0.05, 0.1) is 5.69 Å². The molecule has 110 valence electrons. The van der Waals surface area contributed by atoms with Gasteiger partial charge in [-0.1, -0.05) is 34.6 Å². The van der Waals surface area contributed by atoms with Crippen molar-refractivity contribution in [1.29, 1.82) is 0 Å². The zero-order chi connectivity index (χ0) is 14.5. The van der Waals surface area contributed by atoms with Crippen LogP contribution in [0.5, 0.6) is 0 Å². The van der Waals surface area contributed by atoms with Crippen LogP contribution in [0.15, 0.2) is 6.07 Å². The van der Waals surface area contributed by atoms with E-state index in [1.54, 1.807) is 0 Å². The van der Waals surface area contributed by atoms with Crippen LogP contribution in [0, 0.1) is 0 Å². The van der Waals surface area contributed by atoms with Crippen molar-refractivity contribution in [2.24, 2.45) is 7.05 Å². The SMILES string of the molecule is CCNC(CSC(C)(C)C)Cc1cc(CC)nn1C. The number of nitrogens with one attached hydrogen (secondary N) is 1. The molecule has 0 aliphatic rings. The van der Waals surface area contributed by atoms with Crippen LogP contribution in [0.3, 0.4) is 0 Å². The Bertz CT molecular complexity index is 379. The first-order valence-corrected chi connectivity index (χ1v) is 8.23. The average molecular weight is 283 g/mol. The molecule has 0 aromatic carbocycles. The fourth-order valence-electron chi connectivity index (χ4n) is 2.02. The Labute approximate surface area is 122 Å². The molecule has 0 spiro atoms. The van der Waals surface area contributed by atoms with Crippen LogP contribution in [0.2, 0.25) is 0 Å². The number of nitrogens with zero attached hydrogens (tertiary/aromatic N) is 2. The van der Waals surface area contributed by atoms with Gasteiger partial charge in [-0.05, 0) is 19.0 Å². The maximum Gasteiger partial charge on any atom is 0.0624 e. The van der Waals surface area contributed by atoms with Crippen LogP contribution in [0.25, 0.3) is 0 Å². The topological polar surface area (TPSA) is 29.9 Å². The molecular formula is C15H29N3S. The Hall–Kier alpha value is -0.480. The molecule has 1 unspecified atom stereocenters. The Morgan fingerprint density at radius 1 is 1.37 bits per heavy atom. The largest absolute Gasteiger partial charge is 0.313 e. The molecule has 1 rings (SSSR count). The number of rotatable bonds is 7. The van der Waals surface area contributed by atoms with Crippen molar-refractivity contribution in [3.63, 3.8) is 0 Å². The van der Waals surface area contributed by atoms with Gasteiger partial charge in [0.1, 0.15) is 0 Å². The summed E-state index contributed by atoms with van der Waals surface area (Å²) in [5, 5.41) is 8.13. The van der Waals surface area contributed by atoms with Crippen LogP contribution in [-0.4, -0.2) is 32.9 Å². The molecule has 1 N–H and O–H groups in total. The van der Waals surface area contributed by atoms with Gasteiger partial charge < -0.3 is 5.32 Å². The normalized spacial score (nSPS) is 13.8. The monoisotopic (exact) mass is 283 g/mol. The van der Waals surface area contributed by atoms with Crippen molar-refractivity contribution < 1.29 is 0 Å². The Morgan fingerprint density at radius 2 is 2.05 bits per heavy atom. The molecule has 0 radical (unpaired) electrons. The summed E-state index contributed by atoms with van der Waals surface area (Å²) in [4.78, 5) is 0. The predicted molar refractivity (Wildman–Crippen MR) is 86.0 cm³/mol. The Kier molecular flexibility index (Phi) is 6.40. The molecular weight excluding hydrogens is 254 g/mol. The minimum atomic E-state index is 0.328. The first-order valence-electron chi connectivity index (χ1n) is 7.24. The molecule has 0 bridgehead atoms. The smallest absolute Gasteiger partial charge is 0.0624 e. The van der Waals surface area contributed by atoms with E-state index < -0.39 is 0 Å². The second-order valence-electron chi connectivity index (χ2n) is 5.99. The van der Waals surface area contributed by atoms with E-state index in [-0.39, 0.29) is 0 Å². The lowest BCUT2D eigenvalue weighted by Gasteiger charge is -2.23. The molecule has 0 saturated carbocycles. The second kappa shape index (κ2) is 7.34. The number of aryl methyl sites for hydroxylation is 2. The van der Waals surface area contributed by atoms with E-state index in [1.807, 2.05) is 16.4 Å². The van der Waals surface area contributed by atoms with E-state index in [1.165, 1.54) is 11.4 Å². The molecule has 4 heteroatoms. The maximum atomic E-state index is 4.53. The van der Waals surface area contributed by atoms with E-state index in [4.69, 9.17) is 0 Å². The van der Waals surface area contributed by atoms with Gasteiger partial charge in [0.15, 0.2) is 0 Å². The first kappa shape index (κ1) is 16.6. The van der Waals surface area contributed by atoms with E-state index in [2.05, 4.69) is 58.1 Å². The lowest BCUT2D eigenvalue weighted by Crippen LogP contribution is -2.35. The summed E-state index contributed by atoms with van der Waals surface area (Å²) < 4.78 is 2.36. The van der Waals surface area contributed by atoms with E-state index >= 15 is 0 Å². The molecule has 0 saturated heterocycles. The second-order valence-corrected chi connectivity index (χ2v) is 7.83. The van der Waals surface area contributed by atoms with Crippen molar-refractivity contribution in [2.45, 2.75) is 58.2 Å². The summed E-state index contributed by atoms with van der Waals surface area (Å²) in [6, 6.07) is 2.76. The first-order chi connectivity index (χ1) is 8.85. The zero-order valence-electron chi connectivity index (χ0n) is 13.3. The van der Waals surface area contributed by atoms with Gasteiger partial charge in [-0.15, -0.1) is 0 Å². The summed E-state index contributed by atoms with van der Waals surface area (Å²) in [6.45, 7) is 12.2.